The highest BCUT2D eigenvalue weighted by molar-refractivity contribution is 8.30. The van der Waals surface area contributed by atoms with Crippen molar-refractivity contribution in [1.29, 1.82) is 0 Å². The Morgan fingerprint density at radius 2 is 2.35 bits per heavy atom. The van der Waals surface area contributed by atoms with E-state index in [4.69, 9.17) is 16.0 Å². The molecule has 6 heteroatoms. The van der Waals surface area contributed by atoms with Gasteiger partial charge in [-0.25, -0.2) is 0 Å². The number of benzene rings is 1. The van der Waals surface area contributed by atoms with Gasteiger partial charge in [0.05, 0.1) is 22.7 Å². The largest absolute Gasteiger partial charge is 0.464 e. The third kappa shape index (κ3) is 1.80. The lowest BCUT2D eigenvalue weighted by atomic mass is 10.1. The summed E-state index contributed by atoms with van der Waals surface area (Å²) in [4.78, 5) is 6.82. The summed E-state index contributed by atoms with van der Waals surface area (Å²) in [6.45, 7) is 1.78. The van der Waals surface area contributed by atoms with Gasteiger partial charge in [0.15, 0.2) is 5.17 Å². The van der Waals surface area contributed by atoms with E-state index in [-0.39, 0.29) is 0 Å². The van der Waals surface area contributed by atoms with Gasteiger partial charge in [0.2, 0.25) is 0 Å². The lowest BCUT2D eigenvalue weighted by Crippen LogP contribution is -2.20. The summed E-state index contributed by atoms with van der Waals surface area (Å²) in [5.74, 6) is 0. The lowest BCUT2D eigenvalue weighted by Gasteiger charge is -2.17. The van der Waals surface area contributed by atoms with Crippen molar-refractivity contribution in [3.05, 3.63) is 39.3 Å². The third-order valence-electron chi connectivity index (χ3n) is 3.41. The van der Waals surface area contributed by atoms with E-state index in [1.54, 1.807) is 29.8 Å². The second kappa shape index (κ2) is 4.76. The van der Waals surface area contributed by atoms with Gasteiger partial charge in [-0.05, 0) is 36.2 Å². The first-order valence-corrected chi connectivity index (χ1v) is 8.65. The van der Waals surface area contributed by atoms with E-state index in [1.165, 1.54) is 9.93 Å². The van der Waals surface area contributed by atoms with Crippen LogP contribution in [0.4, 0.5) is 0 Å². The highest BCUT2D eigenvalue weighted by Gasteiger charge is 2.34. The standard InChI is InChI=1S/C14H11ClN2OS2/c1-19-13-11(17-4-3-16-14(17)20-13)10-7-9(15)6-8-2-5-18-12(8)10/h2,5-7H,3-4H2,1H3. The zero-order chi connectivity index (χ0) is 13.7. The van der Waals surface area contributed by atoms with Crippen LogP contribution in [0.15, 0.2) is 38.1 Å². The molecular formula is C14H11ClN2OS2. The molecule has 0 fully saturated rings. The fourth-order valence-corrected chi connectivity index (χ4v) is 4.71. The zero-order valence-corrected chi connectivity index (χ0v) is 13.1. The number of nitrogens with zero attached hydrogens (tertiary/aromatic N) is 2. The number of hydrogen-bond acceptors (Lipinski definition) is 5. The maximum Gasteiger partial charge on any atom is 0.169 e. The first-order valence-electron chi connectivity index (χ1n) is 6.23. The van der Waals surface area contributed by atoms with Crippen molar-refractivity contribution in [3.63, 3.8) is 0 Å². The van der Waals surface area contributed by atoms with Gasteiger partial charge in [-0.2, -0.15) is 0 Å². The molecule has 0 radical (unpaired) electrons. The lowest BCUT2D eigenvalue weighted by molar-refractivity contribution is 0.608. The van der Waals surface area contributed by atoms with E-state index in [0.29, 0.717) is 0 Å². The van der Waals surface area contributed by atoms with Crippen LogP contribution < -0.4 is 0 Å². The first-order chi connectivity index (χ1) is 9.78. The molecule has 0 saturated heterocycles. The molecule has 2 aromatic rings. The van der Waals surface area contributed by atoms with Crippen molar-refractivity contribution < 1.29 is 4.42 Å². The van der Waals surface area contributed by atoms with Crippen molar-refractivity contribution in [1.82, 2.24) is 4.90 Å². The summed E-state index contributed by atoms with van der Waals surface area (Å²) in [5.41, 5.74) is 3.13. The zero-order valence-electron chi connectivity index (χ0n) is 10.7. The minimum absolute atomic E-state index is 0.733. The SMILES string of the molecule is CSC1=C(c2cc(Cl)cc3ccoc23)N2CCN=C2S1. The Labute approximate surface area is 130 Å². The molecule has 2 aliphatic heterocycles. The van der Waals surface area contributed by atoms with Crippen LogP contribution in [0.3, 0.4) is 0 Å². The van der Waals surface area contributed by atoms with Crippen molar-refractivity contribution in [2.75, 3.05) is 19.3 Å². The Bertz CT molecular complexity index is 766. The van der Waals surface area contributed by atoms with E-state index in [0.717, 1.165) is 39.8 Å². The van der Waals surface area contributed by atoms with Crippen molar-refractivity contribution in [2.24, 2.45) is 4.99 Å². The molecule has 3 nitrogen and oxygen atoms in total. The van der Waals surface area contributed by atoms with Gasteiger partial charge in [-0.1, -0.05) is 11.6 Å². The minimum atomic E-state index is 0.733. The van der Waals surface area contributed by atoms with Gasteiger partial charge in [0, 0.05) is 22.5 Å². The molecule has 0 amide bonds. The van der Waals surface area contributed by atoms with Crippen LogP contribution in [0.25, 0.3) is 16.7 Å². The smallest absolute Gasteiger partial charge is 0.169 e. The normalized spacial score (nSPS) is 18.1. The Morgan fingerprint density at radius 1 is 1.45 bits per heavy atom. The molecule has 2 aliphatic rings. The molecule has 1 aromatic carbocycles. The average Bonchev–Trinajstić information content (AvgIpc) is 3.11. The van der Waals surface area contributed by atoms with E-state index in [2.05, 4.69) is 16.1 Å². The fourth-order valence-electron chi connectivity index (χ4n) is 2.58. The molecule has 4 rings (SSSR count). The summed E-state index contributed by atoms with van der Waals surface area (Å²) in [7, 11) is 0. The quantitative estimate of drug-likeness (QED) is 0.814. The predicted molar refractivity (Wildman–Crippen MR) is 88.3 cm³/mol. The highest BCUT2D eigenvalue weighted by Crippen LogP contribution is 2.48. The van der Waals surface area contributed by atoms with Crippen molar-refractivity contribution >= 4 is 57.0 Å². The molecule has 1 aromatic heterocycles. The number of hydrogen-bond donors (Lipinski definition) is 0. The van der Waals surface area contributed by atoms with Gasteiger partial charge >= 0.3 is 0 Å². The molecular weight excluding hydrogens is 312 g/mol. The molecule has 20 heavy (non-hydrogen) atoms. The number of fused-ring (bicyclic) bond motifs is 2. The van der Waals surface area contributed by atoms with E-state index >= 15 is 0 Å². The predicted octanol–water partition coefficient (Wildman–Crippen LogP) is 4.49. The van der Waals surface area contributed by atoms with Gasteiger partial charge in [-0.15, -0.1) is 11.8 Å². The first kappa shape index (κ1) is 12.7. The van der Waals surface area contributed by atoms with Crippen molar-refractivity contribution in [2.45, 2.75) is 0 Å². The molecule has 0 atom stereocenters. The molecule has 0 aliphatic carbocycles. The van der Waals surface area contributed by atoms with Gasteiger partial charge in [0.25, 0.3) is 0 Å². The van der Waals surface area contributed by atoms with E-state index in [1.807, 2.05) is 18.2 Å². The number of rotatable bonds is 2. The van der Waals surface area contributed by atoms with Crippen LogP contribution in [0.1, 0.15) is 5.56 Å². The van der Waals surface area contributed by atoms with Crippen LogP contribution >= 0.6 is 35.1 Å². The molecule has 0 saturated carbocycles. The summed E-state index contributed by atoms with van der Waals surface area (Å²) in [6.07, 6.45) is 3.81. The van der Waals surface area contributed by atoms with Gasteiger partial charge in [0.1, 0.15) is 5.58 Å². The maximum atomic E-state index is 6.27. The minimum Gasteiger partial charge on any atom is -0.464 e. The van der Waals surface area contributed by atoms with Gasteiger partial charge < -0.3 is 9.32 Å². The number of amidine groups is 1. The summed E-state index contributed by atoms with van der Waals surface area (Å²) < 4.78 is 6.93. The fraction of sp³-hybridized carbons (Fsp3) is 0.214. The third-order valence-corrected chi connectivity index (χ3v) is 5.85. The van der Waals surface area contributed by atoms with Crippen LogP contribution in [-0.2, 0) is 0 Å². The highest BCUT2D eigenvalue weighted by atomic mass is 35.5. The maximum absolute atomic E-state index is 6.27. The second-order valence-corrected chi connectivity index (χ2v) is 7.04. The van der Waals surface area contributed by atoms with E-state index < -0.39 is 0 Å². The second-order valence-electron chi connectivity index (χ2n) is 4.55. The van der Waals surface area contributed by atoms with Crippen molar-refractivity contribution in [3.8, 4) is 0 Å². The van der Waals surface area contributed by atoms with Crippen LogP contribution in [0, 0.1) is 0 Å². The number of thioether (sulfide) groups is 2. The van der Waals surface area contributed by atoms with E-state index in [9.17, 15) is 0 Å². The molecule has 3 heterocycles. The van der Waals surface area contributed by atoms with Crippen LogP contribution in [-0.4, -0.2) is 29.4 Å². The Hall–Kier alpha value is -1.04. The number of furan rings is 1. The van der Waals surface area contributed by atoms with Crippen LogP contribution in [0.5, 0.6) is 0 Å². The Balaban J connectivity index is 1.97. The summed E-state index contributed by atoms with van der Waals surface area (Å²) in [5, 5.41) is 2.86. The average molecular weight is 323 g/mol. The molecule has 0 bridgehead atoms. The molecule has 102 valence electrons. The molecule has 0 spiro atoms. The number of aliphatic imine (C=N–C) groups is 1. The Morgan fingerprint density at radius 3 is 3.20 bits per heavy atom. The molecule has 0 N–H and O–H groups in total. The monoisotopic (exact) mass is 322 g/mol. The summed E-state index contributed by atoms with van der Waals surface area (Å²) >= 11 is 9.75. The Kier molecular flexibility index (Phi) is 3.02. The topological polar surface area (TPSA) is 28.7 Å². The van der Waals surface area contributed by atoms with Crippen LogP contribution in [0.2, 0.25) is 5.02 Å². The van der Waals surface area contributed by atoms with Gasteiger partial charge in [-0.3, -0.25) is 4.99 Å². The summed E-state index contributed by atoms with van der Waals surface area (Å²) in [6, 6.07) is 5.87. The number of halogens is 1. The molecule has 0 unspecified atom stereocenters.